The molecule has 3 aromatic heterocycles. The predicted octanol–water partition coefficient (Wildman–Crippen LogP) is 2.49. The van der Waals surface area contributed by atoms with Crippen molar-refractivity contribution in [2.75, 3.05) is 13.7 Å². The first-order valence-corrected chi connectivity index (χ1v) is 9.65. The number of aromatic nitrogens is 6. The molecule has 0 bridgehead atoms. The number of aromatic amines is 1. The zero-order valence-corrected chi connectivity index (χ0v) is 16.5. The van der Waals surface area contributed by atoms with Gasteiger partial charge in [-0.2, -0.15) is 5.10 Å². The van der Waals surface area contributed by atoms with Gasteiger partial charge in [-0.25, -0.2) is 14.6 Å². The first-order chi connectivity index (χ1) is 14.2. The van der Waals surface area contributed by atoms with Gasteiger partial charge in [0.15, 0.2) is 0 Å². The van der Waals surface area contributed by atoms with Crippen molar-refractivity contribution in [1.82, 2.24) is 34.2 Å². The number of aryl methyl sites for hydroxylation is 1. The first-order valence-electron chi connectivity index (χ1n) is 9.65. The second-order valence-corrected chi connectivity index (χ2v) is 7.23. The topological polar surface area (TPSA) is 76.8 Å². The molecular weight excluding hydrogens is 366 g/mol. The van der Waals surface area contributed by atoms with Crippen molar-refractivity contribution >= 4 is 0 Å². The van der Waals surface area contributed by atoms with Crippen molar-refractivity contribution in [2.45, 2.75) is 19.0 Å². The maximum absolute atomic E-state index is 5.50. The second-order valence-electron chi connectivity index (χ2n) is 7.23. The fraction of sp³-hybridized carbons (Fsp3) is 0.286. The summed E-state index contributed by atoms with van der Waals surface area (Å²) >= 11 is 0. The lowest BCUT2D eigenvalue weighted by Crippen LogP contribution is -2.37. The molecule has 1 atom stereocenters. The number of hydrogen-bond donors (Lipinski definition) is 1. The Morgan fingerprint density at radius 3 is 2.90 bits per heavy atom. The molecule has 0 fully saturated rings. The number of nitrogens with one attached hydrogen (secondary N) is 1. The summed E-state index contributed by atoms with van der Waals surface area (Å²) in [5.41, 5.74) is 4.43. The third kappa shape index (κ3) is 3.11. The van der Waals surface area contributed by atoms with Crippen LogP contribution >= 0.6 is 0 Å². The molecule has 0 spiro atoms. The lowest BCUT2D eigenvalue weighted by molar-refractivity contribution is 0.190. The summed E-state index contributed by atoms with van der Waals surface area (Å²) in [5.74, 6) is 1.82. The van der Waals surface area contributed by atoms with Crippen LogP contribution in [0.25, 0.3) is 5.69 Å². The summed E-state index contributed by atoms with van der Waals surface area (Å²) in [6.07, 6.45) is 10.3. The fourth-order valence-corrected chi connectivity index (χ4v) is 4.09. The quantitative estimate of drug-likeness (QED) is 0.567. The standard InChI is InChI=1S/C21H23N7O/c1-26-11-8-22-21(26)20-19-17(23-14-24-19)6-10-27(20)13-15-12-16(29-2)4-5-18(15)28-9-3-7-25-28/h3-5,7-9,11-12,14,20H,6,10,13H2,1-2H3,(H,23,24)/t20-/m1/s1. The summed E-state index contributed by atoms with van der Waals surface area (Å²) in [7, 11) is 3.72. The van der Waals surface area contributed by atoms with Crippen molar-refractivity contribution in [1.29, 1.82) is 0 Å². The Morgan fingerprint density at radius 1 is 1.21 bits per heavy atom. The Hall–Kier alpha value is -3.39. The van der Waals surface area contributed by atoms with E-state index in [1.54, 1.807) is 19.6 Å². The van der Waals surface area contributed by atoms with Crippen LogP contribution in [0.15, 0.2) is 55.4 Å². The molecule has 1 N–H and O–H groups in total. The number of ether oxygens (including phenoxy) is 1. The molecule has 5 rings (SSSR count). The van der Waals surface area contributed by atoms with Crippen LogP contribution < -0.4 is 4.74 Å². The smallest absolute Gasteiger partial charge is 0.132 e. The van der Waals surface area contributed by atoms with Crippen molar-refractivity contribution in [2.24, 2.45) is 7.05 Å². The van der Waals surface area contributed by atoms with Gasteiger partial charge in [0.05, 0.1) is 24.8 Å². The highest BCUT2D eigenvalue weighted by atomic mass is 16.5. The minimum Gasteiger partial charge on any atom is -0.497 e. The van der Waals surface area contributed by atoms with Gasteiger partial charge in [0.25, 0.3) is 0 Å². The lowest BCUT2D eigenvalue weighted by Gasteiger charge is -2.34. The number of imidazole rings is 2. The second kappa shape index (κ2) is 7.21. The first kappa shape index (κ1) is 17.7. The molecule has 0 amide bonds. The Bertz CT molecular complexity index is 1110. The van der Waals surface area contributed by atoms with E-state index in [9.17, 15) is 0 Å². The molecule has 0 unspecified atom stereocenters. The number of fused-ring (bicyclic) bond motifs is 1. The number of nitrogens with zero attached hydrogens (tertiary/aromatic N) is 6. The fourth-order valence-electron chi connectivity index (χ4n) is 4.09. The van der Waals surface area contributed by atoms with E-state index in [0.29, 0.717) is 0 Å². The third-order valence-corrected chi connectivity index (χ3v) is 5.54. The van der Waals surface area contributed by atoms with Gasteiger partial charge in [-0.1, -0.05) is 0 Å². The Kier molecular flexibility index (Phi) is 4.40. The third-order valence-electron chi connectivity index (χ3n) is 5.54. The van der Waals surface area contributed by atoms with Gasteiger partial charge in [0, 0.05) is 57.0 Å². The van der Waals surface area contributed by atoms with Gasteiger partial charge in [-0.05, 0) is 29.8 Å². The van der Waals surface area contributed by atoms with Crippen LogP contribution in [0.2, 0.25) is 0 Å². The highest BCUT2D eigenvalue weighted by Crippen LogP contribution is 2.34. The average molecular weight is 389 g/mol. The number of benzene rings is 1. The van der Waals surface area contributed by atoms with Crippen LogP contribution in [-0.4, -0.2) is 47.9 Å². The van der Waals surface area contributed by atoms with Gasteiger partial charge in [0.1, 0.15) is 17.6 Å². The summed E-state index contributed by atoms with van der Waals surface area (Å²) in [6.45, 7) is 1.64. The summed E-state index contributed by atoms with van der Waals surface area (Å²) in [4.78, 5) is 15.0. The van der Waals surface area contributed by atoms with Gasteiger partial charge >= 0.3 is 0 Å². The SMILES string of the molecule is COc1ccc(-n2cccn2)c(CN2CCc3[nH]cnc3[C@@H]2c2nccn2C)c1. The highest BCUT2D eigenvalue weighted by Gasteiger charge is 2.34. The molecule has 0 aliphatic carbocycles. The monoisotopic (exact) mass is 389 g/mol. The number of methoxy groups -OCH3 is 1. The summed E-state index contributed by atoms with van der Waals surface area (Å²) < 4.78 is 9.46. The predicted molar refractivity (Wildman–Crippen MR) is 108 cm³/mol. The maximum Gasteiger partial charge on any atom is 0.132 e. The minimum atomic E-state index is -0.0123. The minimum absolute atomic E-state index is 0.0123. The van der Waals surface area contributed by atoms with Crippen LogP contribution in [0.5, 0.6) is 5.75 Å². The lowest BCUT2D eigenvalue weighted by atomic mass is 10.0. The van der Waals surface area contributed by atoms with Crippen molar-refractivity contribution < 1.29 is 4.74 Å². The summed E-state index contributed by atoms with van der Waals surface area (Å²) in [5, 5.41) is 4.43. The zero-order valence-electron chi connectivity index (χ0n) is 16.5. The Balaban J connectivity index is 1.57. The number of hydrogen-bond acceptors (Lipinski definition) is 5. The van der Waals surface area contributed by atoms with Gasteiger partial charge in [-0.3, -0.25) is 4.90 Å². The molecule has 148 valence electrons. The van der Waals surface area contributed by atoms with Crippen LogP contribution in [0.1, 0.15) is 28.8 Å². The zero-order chi connectivity index (χ0) is 19.8. The van der Waals surface area contributed by atoms with E-state index >= 15 is 0 Å². The van der Waals surface area contributed by atoms with Crippen LogP contribution in [0, 0.1) is 0 Å². The molecule has 0 saturated carbocycles. The largest absolute Gasteiger partial charge is 0.497 e. The van der Waals surface area contributed by atoms with Crippen LogP contribution in [-0.2, 0) is 20.0 Å². The molecule has 1 aromatic carbocycles. The van der Waals surface area contributed by atoms with Gasteiger partial charge in [0.2, 0.25) is 0 Å². The molecule has 1 aliphatic heterocycles. The normalized spacial score (nSPS) is 16.7. The van der Waals surface area contributed by atoms with E-state index < -0.39 is 0 Å². The highest BCUT2D eigenvalue weighted by molar-refractivity contribution is 5.45. The van der Waals surface area contributed by atoms with Crippen molar-refractivity contribution in [3.05, 3.63) is 78.2 Å². The molecule has 4 aromatic rings. The molecule has 0 saturated heterocycles. The number of rotatable bonds is 5. The van der Waals surface area contributed by atoms with Crippen LogP contribution in [0.4, 0.5) is 0 Å². The maximum atomic E-state index is 5.50. The molecule has 1 aliphatic rings. The van der Waals surface area contributed by atoms with E-state index in [4.69, 9.17) is 4.74 Å². The van der Waals surface area contributed by atoms with Crippen LogP contribution in [0.3, 0.4) is 0 Å². The molecular formula is C21H23N7O. The molecule has 8 nitrogen and oxygen atoms in total. The molecule has 0 radical (unpaired) electrons. The Morgan fingerprint density at radius 2 is 2.14 bits per heavy atom. The molecule has 4 heterocycles. The summed E-state index contributed by atoms with van der Waals surface area (Å²) in [6, 6.07) is 8.04. The van der Waals surface area contributed by atoms with Gasteiger partial charge in [-0.15, -0.1) is 0 Å². The molecule has 29 heavy (non-hydrogen) atoms. The molecule has 8 heteroatoms. The van der Waals surface area contributed by atoms with E-state index in [1.165, 1.54) is 5.69 Å². The van der Waals surface area contributed by atoms with Crippen molar-refractivity contribution in [3.63, 3.8) is 0 Å². The number of H-pyrrole nitrogens is 1. The van der Waals surface area contributed by atoms with Crippen molar-refractivity contribution in [3.8, 4) is 11.4 Å². The van der Waals surface area contributed by atoms with E-state index in [1.807, 2.05) is 42.5 Å². The van der Waals surface area contributed by atoms with E-state index in [-0.39, 0.29) is 6.04 Å². The average Bonchev–Trinajstić information content (AvgIpc) is 3.50. The Labute approximate surface area is 168 Å². The van der Waals surface area contributed by atoms with Gasteiger partial charge < -0.3 is 14.3 Å². The van der Waals surface area contributed by atoms with E-state index in [0.717, 1.165) is 48.0 Å². The van der Waals surface area contributed by atoms with E-state index in [2.05, 4.69) is 41.7 Å².